The Labute approximate surface area is 149 Å². The fourth-order valence-corrected chi connectivity index (χ4v) is 3.44. The molecule has 1 aromatic carbocycles. The highest BCUT2D eigenvalue weighted by Gasteiger charge is 2.23. The van der Waals surface area contributed by atoms with Crippen LogP contribution in [-0.2, 0) is 0 Å². The molecule has 0 spiro atoms. The van der Waals surface area contributed by atoms with Gasteiger partial charge in [0.15, 0.2) is 5.96 Å². The van der Waals surface area contributed by atoms with Gasteiger partial charge >= 0.3 is 0 Å². The number of halogens is 1. The molecule has 2 saturated heterocycles. The average Bonchev–Trinajstić information content (AvgIpc) is 2.63. The number of hydrogen-bond donors (Lipinski definition) is 1. The van der Waals surface area contributed by atoms with Gasteiger partial charge in [0, 0.05) is 57.5 Å². The third-order valence-electron chi connectivity index (χ3n) is 5.24. The van der Waals surface area contributed by atoms with Crippen molar-refractivity contribution in [1.29, 1.82) is 0 Å². The fraction of sp³-hybridized carbons (Fsp3) is 0.611. The highest BCUT2D eigenvalue weighted by molar-refractivity contribution is 5.78. The van der Waals surface area contributed by atoms with Gasteiger partial charge in [-0.05, 0) is 38.4 Å². The molecule has 6 nitrogen and oxygen atoms in total. The molecular formula is C18H29FN6. The van der Waals surface area contributed by atoms with Crippen molar-refractivity contribution in [3.63, 3.8) is 0 Å². The van der Waals surface area contributed by atoms with Crippen LogP contribution in [0, 0.1) is 5.82 Å². The summed E-state index contributed by atoms with van der Waals surface area (Å²) in [6, 6.07) is 7.11. The number of aliphatic imine (C=N–C) groups is 1. The number of hydrogen-bond acceptors (Lipinski definition) is 4. The summed E-state index contributed by atoms with van der Waals surface area (Å²) in [5.41, 5.74) is 7.28. The number of nitrogens with zero attached hydrogens (tertiary/aromatic N) is 5. The van der Waals surface area contributed by atoms with Crippen LogP contribution in [0.25, 0.3) is 0 Å². The van der Waals surface area contributed by atoms with Crippen LogP contribution in [0.3, 0.4) is 0 Å². The maximum atomic E-state index is 13.0. The minimum absolute atomic E-state index is 0.197. The molecule has 2 aliphatic rings. The summed E-state index contributed by atoms with van der Waals surface area (Å²) in [4.78, 5) is 13.8. The first-order valence-electron chi connectivity index (χ1n) is 8.97. The van der Waals surface area contributed by atoms with E-state index in [9.17, 15) is 4.39 Å². The van der Waals surface area contributed by atoms with Crippen LogP contribution in [0.1, 0.15) is 0 Å². The van der Waals surface area contributed by atoms with Crippen LogP contribution < -0.4 is 10.6 Å². The first-order valence-corrected chi connectivity index (χ1v) is 8.97. The molecule has 0 saturated carbocycles. The van der Waals surface area contributed by atoms with Gasteiger partial charge in [-0.15, -0.1) is 0 Å². The fourth-order valence-electron chi connectivity index (χ4n) is 3.44. The van der Waals surface area contributed by atoms with Gasteiger partial charge in [-0.1, -0.05) is 0 Å². The molecule has 138 valence electrons. The SMILES string of the molecule is CN1CCN(C)C(CN=C(N)N2CCN(c3ccc(F)cc3)CC2)C1. The summed E-state index contributed by atoms with van der Waals surface area (Å²) in [6.07, 6.45) is 0. The van der Waals surface area contributed by atoms with E-state index in [4.69, 9.17) is 5.73 Å². The van der Waals surface area contributed by atoms with Gasteiger partial charge in [-0.2, -0.15) is 0 Å². The first-order chi connectivity index (χ1) is 12.0. The van der Waals surface area contributed by atoms with Crippen LogP contribution >= 0.6 is 0 Å². The summed E-state index contributed by atoms with van der Waals surface area (Å²) in [6.45, 7) is 7.38. The minimum Gasteiger partial charge on any atom is -0.370 e. The third kappa shape index (κ3) is 4.61. The number of rotatable bonds is 3. The zero-order chi connectivity index (χ0) is 17.8. The molecule has 1 aromatic rings. The molecule has 0 amide bonds. The Morgan fingerprint density at radius 2 is 1.76 bits per heavy atom. The van der Waals surface area contributed by atoms with Crippen LogP contribution in [0.2, 0.25) is 0 Å². The third-order valence-corrected chi connectivity index (χ3v) is 5.24. The second-order valence-electron chi connectivity index (χ2n) is 7.05. The lowest BCUT2D eigenvalue weighted by molar-refractivity contribution is 0.119. The van der Waals surface area contributed by atoms with Crippen molar-refractivity contribution in [3.8, 4) is 0 Å². The lowest BCUT2D eigenvalue weighted by Gasteiger charge is -2.38. The highest BCUT2D eigenvalue weighted by Crippen LogP contribution is 2.17. The Morgan fingerprint density at radius 1 is 1.08 bits per heavy atom. The van der Waals surface area contributed by atoms with Crippen LogP contribution in [-0.4, -0.2) is 93.2 Å². The number of benzene rings is 1. The maximum absolute atomic E-state index is 13.0. The Balaban J connectivity index is 1.50. The van der Waals surface area contributed by atoms with Crippen molar-refractivity contribution >= 4 is 11.6 Å². The molecular weight excluding hydrogens is 319 g/mol. The summed E-state index contributed by atoms with van der Waals surface area (Å²) in [7, 11) is 4.31. The zero-order valence-electron chi connectivity index (χ0n) is 15.2. The quantitative estimate of drug-likeness (QED) is 0.637. The molecule has 3 rings (SSSR count). The summed E-state index contributed by atoms with van der Waals surface area (Å²) in [5.74, 6) is 0.442. The smallest absolute Gasteiger partial charge is 0.191 e. The van der Waals surface area contributed by atoms with Crippen molar-refractivity contribution in [2.75, 3.05) is 71.4 Å². The lowest BCUT2D eigenvalue weighted by Crippen LogP contribution is -2.53. The summed E-state index contributed by atoms with van der Waals surface area (Å²) < 4.78 is 13.0. The van der Waals surface area contributed by atoms with E-state index in [-0.39, 0.29) is 5.82 Å². The topological polar surface area (TPSA) is 51.3 Å². The largest absolute Gasteiger partial charge is 0.370 e. The number of piperazine rings is 2. The van der Waals surface area contributed by atoms with Crippen LogP contribution in [0.15, 0.2) is 29.3 Å². The molecule has 2 fully saturated rings. The van der Waals surface area contributed by atoms with Gasteiger partial charge in [-0.3, -0.25) is 9.89 Å². The van der Waals surface area contributed by atoms with E-state index in [1.54, 1.807) is 0 Å². The Kier molecular flexibility index (Phi) is 5.75. The number of anilines is 1. The van der Waals surface area contributed by atoms with Crippen LogP contribution in [0.5, 0.6) is 0 Å². The standard InChI is InChI=1S/C18H29FN6/c1-22-7-8-23(2)17(14-22)13-21-18(20)25-11-9-24(10-12-25)16-5-3-15(19)4-6-16/h3-6,17H,7-14H2,1-2H3,(H2,20,21). The number of guanidine groups is 1. The Hall–Kier alpha value is -1.86. The van der Waals surface area contributed by atoms with Crippen LogP contribution in [0.4, 0.5) is 10.1 Å². The van der Waals surface area contributed by atoms with Gasteiger partial charge in [0.1, 0.15) is 5.82 Å². The molecule has 0 aromatic heterocycles. The number of likely N-dealkylation sites (N-methyl/N-ethyl adjacent to an activating group) is 2. The van der Waals surface area contributed by atoms with E-state index in [0.29, 0.717) is 12.0 Å². The summed E-state index contributed by atoms with van der Waals surface area (Å²) in [5, 5.41) is 0. The van der Waals surface area contributed by atoms with Crippen molar-refractivity contribution in [3.05, 3.63) is 30.1 Å². The van der Waals surface area contributed by atoms with Gasteiger partial charge in [0.05, 0.1) is 6.54 Å². The molecule has 7 heteroatoms. The van der Waals surface area contributed by atoms with E-state index in [0.717, 1.165) is 58.0 Å². The minimum atomic E-state index is -0.197. The second-order valence-corrected chi connectivity index (χ2v) is 7.05. The van der Waals surface area contributed by atoms with Gasteiger partial charge in [0.2, 0.25) is 0 Å². The molecule has 2 N–H and O–H groups in total. The van der Waals surface area contributed by atoms with Crippen molar-refractivity contribution in [2.45, 2.75) is 6.04 Å². The predicted molar refractivity (Wildman–Crippen MR) is 101 cm³/mol. The molecule has 2 aliphatic heterocycles. The molecule has 0 aliphatic carbocycles. The van der Waals surface area contributed by atoms with Gasteiger partial charge in [0.25, 0.3) is 0 Å². The monoisotopic (exact) mass is 348 g/mol. The van der Waals surface area contributed by atoms with E-state index in [1.165, 1.54) is 12.1 Å². The lowest BCUT2D eigenvalue weighted by atomic mass is 10.2. The second kappa shape index (κ2) is 8.01. The average molecular weight is 348 g/mol. The van der Waals surface area contributed by atoms with E-state index >= 15 is 0 Å². The van der Waals surface area contributed by atoms with Crippen molar-refractivity contribution in [2.24, 2.45) is 10.7 Å². The predicted octanol–water partition coefficient (Wildman–Crippen LogP) is 0.508. The number of nitrogens with two attached hydrogens (primary N) is 1. The molecule has 25 heavy (non-hydrogen) atoms. The maximum Gasteiger partial charge on any atom is 0.191 e. The van der Waals surface area contributed by atoms with Crippen molar-refractivity contribution < 1.29 is 4.39 Å². The van der Waals surface area contributed by atoms with E-state index in [2.05, 4.69) is 38.7 Å². The molecule has 1 unspecified atom stereocenters. The molecule has 0 bridgehead atoms. The van der Waals surface area contributed by atoms with E-state index < -0.39 is 0 Å². The normalized spacial score (nSPS) is 24.0. The Bertz CT molecular complexity index is 582. The highest BCUT2D eigenvalue weighted by atomic mass is 19.1. The zero-order valence-corrected chi connectivity index (χ0v) is 15.2. The first kappa shape index (κ1) is 17.9. The van der Waals surface area contributed by atoms with Gasteiger partial charge in [-0.25, -0.2) is 4.39 Å². The molecule has 1 atom stereocenters. The van der Waals surface area contributed by atoms with Crippen molar-refractivity contribution in [1.82, 2.24) is 14.7 Å². The Morgan fingerprint density at radius 3 is 2.44 bits per heavy atom. The molecule has 0 radical (unpaired) electrons. The van der Waals surface area contributed by atoms with E-state index in [1.807, 2.05) is 12.1 Å². The molecule has 2 heterocycles. The van der Waals surface area contributed by atoms with Gasteiger partial charge < -0.3 is 20.4 Å². The summed E-state index contributed by atoms with van der Waals surface area (Å²) >= 11 is 0.